The second kappa shape index (κ2) is 4.23. The fourth-order valence-electron chi connectivity index (χ4n) is 1.23. The fraction of sp³-hybridized carbons (Fsp3) is 0.0909. The van der Waals surface area contributed by atoms with E-state index in [9.17, 15) is 4.79 Å². The number of methoxy groups -OCH3 is 1. The molecular formula is C11H9NO2S. The first-order chi connectivity index (χ1) is 7.33. The molecule has 76 valence electrons. The quantitative estimate of drug-likeness (QED) is 0.745. The molecule has 1 aromatic heterocycles. The third-order valence-corrected chi connectivity index (χ3v) is 2.93. The average Bonchev–Trinajstić information content (AvgIpc) is 2.78. The lowest BCUT2D eigenvalue weighted by atomic mass is 10.2. The number of aromatic nitrogens is 1. The molecule has 0 aliphatic rings. The Labute approximate surface area is 91.4 Å². The van der Waals surface area contributed by atoms with Crippen LogP contribution in [0.5, 0.6) is 5.75 Å². The summed E-state index contributed by atoms with van der Waals surface area (Å²) in [5, 5.41) is 0.830. The molecule has 15 heavy (non-hydrogen) atoms. The molecule has 0 amide bonds. The van der Waals surface area contributed by atoms with E-state index in [-0.39, 0.29) is 0 Å². The second-order valence-corrected chi connectivity index (χ2v) is 3.98. The van der Waals surface area contributed by atoms with E-state index in [0.29, 0.717) is 4.88 Å². The topological polar surface area (TPSA) is 39.2 Å². The number of thiazole rings is 1. The Balaban J connectivity index is 2.39. The number of nitrogens with zero attached hydrogens (tertiary/aromatic N) is 1. The monoisotopic (exact) mass is 219 g/mol. The first-order valence-corrected chi connectivity index (χ1v) is 5.20. The molecule has 2 aromatic rings. The van der Waals surface area contributed by atoms with Gasteiger partial charge >= 0.3 is 0 Å². The number of carbonyl (C=O) groups is 1. The van der Waals surface area contributed by atoms with Crippen molar-refractivity contribution in [3.63, 3.8) is 0 Å². The Morgan fingerprint density at radius 3 is 3.00 bits per heavy atom. The third-order valence-electron chi connectivity index (χ3n) is 1.96. The molecular weight excluding hydrogens is 210 g/mol. The molecule has 0 bridgehead atoms. The Bertz CT molecular complexity index is 479. The van der Waals surface area contributed by atoms with Gasteiger partial charge in [-0.25, -0.2) is 4.98 Å². The summed E-state index contributed by atoms with van der Waals surface area (Å²) in [4.78, 5) is 15.3. The summed E-state index contributed by atoms with van der Waals surface area (Å²) >= 11 is 1.37. The third kappa shape index (κ3) is 2.05. The zero-order valence-corrected chi connectivity index (χ0v) is 8.95. The summed E-state index contributed by atoms with van der Waals surface area (Å²) < 4.78 is 5.12. The molecule has 4 heteroatoms. The van der Waals surface area contributed by atoms with Gasteiger partial charge in [0.05, 0.1) is 12.0 Å². The van der Waals surface area contributed by atoms with Gasteiger partial charge in [0.15, 0.2) is 6.29 Å². The lowest BCUT2D eigenvalue weighted by Crippen LogP contribution is -1.82. The van der Waals surface area contributed by atoms with Crippen LogP contribution in [-0.4, -0.2) is 18.4 Å². The molecule has 0 aliphatic heterocycles. The maximum absolute atomic E-state index is 10.5. The van der Waals surface area contributed by atoms with Gasteiger partial charge in [-0.3, -0.25) is 4.79 Å². The molecule has 0 radical (unpaired) electrons. The molecule has 0 aliphatic carbocycles. The van der Waals surface area contributed by atoms with Crippen LogP contribution in [0.2, 0.25) is 0 Å². The van der Waals surface area contributed by atoms with Crippen molar-refractivity contribution in [1.82, 2.24) is 4.98 Å². The predicted octanol–water partition coefficient (Wildman–Crippen LogP) is 2.63. The van der Waals surface area contributed by atoms with E-state index >= 15 is 0 Å². The SMILES string of the molecule is COc1cccc(-c2ncc(C=O)s2)c1. The van der Waals surface area contributed by atoms with Crippen LogP contribution in [0.4, 0.5) is 0 Å². The summed E-state index contributed by atoms with van der Waals surface area (Å²) in [6.45, 7) is 0. The van der Waals surface area contributed by atoms with Crippen molar-refractivity contribution < 1.29 is 9.53 Å². The Morgan fingerprint density at radius 2 is 2.33 bits per heavy atom. The minimum atomic E-state index is 0.632. The lowest BCUT2D eigenvalue weighted by molar-refractivity contribution is 0.112. The van der Waals surface area contributed by atoms with E-state index < -0.39 is 0 Å². The largest absolute Gasteiger partial charge is 0.497 e. The number of benzene rings is 1. The normalized spacial score (nSPS) is 9.93. The van der Waals surface area contributed by atoms with Gasteiger partial charge in [0, 0.05) is 11.8 Å². The number of hydrogen-bond acceptors (Lipinski definition) is 4. The Kier molecular flexibility index (Phi) is 2.78. The Morgan fingerprint density at radius 1 is 1.47 bits per heavy atom. The summed E-state index contributed by atoms with van der Waals surface area (Å²) in [6.07, 6.45) is 2.38. The van der Waals surface area contributed by atoms with Gasteiger partial charge in [-0.2, -0.15) is 0 Å². The zero-order valence-electron chi connectivity index (χ0n) is 8.14. The number of rotatable bonds is 3. The highest BCUT2D eigenvalue weighted by molar-refractivity contribution is 7.16. The van der Waals surface area contributed by atoms with Crippen LogP contribution >= 0.6 is 11.3 Å². The van der Waals surface area contributed by atoms with Crippen molar-refractivity contribution in [2.75, 3.05) is 7.11 Å². The van der Waals surface area contributed by atoms with E-state index in [1.807, 2.05) is 24.3 Å². The van der Waals surface area contributed by atoms with Crippen molar-refractivity contribution in [3.05, 3.63) is 35.3 Å². The molecule has 0 N–H and O–H groups in total. The van der Waals surface area contributed by atoms with Gasteiger partial charge in [0.2, 0.25) is 0 Å². The van der Waals surface area contributed by atoms with Crippen LogP contribution in [0.1, 0.15) is 9.67 Å². The highest BCUT2D eigenvalue weighted by Crippen LogP contribution is 2.26. The van der Waals surface area contributed by atoms with Gasteiger partial charge < -0.3 is 4.74 Å². The summed E-state index contributed by atoms with van der Waals surface area (Å²) in [5.74, 6) is 0.787. The highest BCUT2D eigenvalue weighted by Gasteiger charge is 2.04. The van der Waals surface area contributed by atoms with Crippen molar-refractivity contribution in [2.45, 2.75) is 0 Å². The van der Waals surface area contributed by atoms with Gasteiger partial charge in [0.1, 0.15) is 10.8 Å². The summed E-state index contributed by atoms with van der Waals surface area (Å²) in [5.41, 5.74) is 0.965. The molecule has 2 rings (SSSR count). The number of ether oxygens (including phenoxy) is 1. The van der Waals surface area contributed by atoms with Crippen LogP contribution in [0.3, 0.4) is 0 Å². The Hall–Kier alpha value is -1.68. The molecule has 0 fully saturated rings. The molecule has 1 aromatic carbocycles. The maximum atomic E-state index is 10.5. The molecule has 0 atom stereocenters. The molecule has 0 saturated carbocycles. The fourth-order valence-corrected chi connectivity index (χ4v) is 1.96. The first kappa shape index (κ1) is 9.86. The second-order valence-electron chi connectivity index (χ2n) is 2.92. The van der Waals surface area contributed by atoms with E-state index in [0.717, 1.165) is 22.6 Å². The maximum Gasteiger partial charge on any atom is 0.161 e. The van der Waals surface area contributed by atoms with E-state index in [1.54, 1.807) is 13.3 Å². The van der Waals surface area contributed by atoms with Crippen molar-refractivity contribution in [2.24, 2.45) is 0 Å². The molecule has 3 nitrogen and oxygen atoms in total. The molecule has 0 spiro atoms. The minimum absolute atomic E-state index is 0.632. The van der Waals surface area contributed by atoms with Crippen molar-refractivity contribution in [3.8, 4) is 16.3 Å². The number of aldehydes is 1. The average molecular weight is 219 g/mol. The van der Waals surface area contributed by atoms with E-state index in [1.165, 1.54) is 11.3 Å². The molecule has 0 unspecified atom stereocenters. The molecule has 1 heterocycles. The minimum Gasteiger partial charge on any atom is -0.497 e. The van der Waals surface area contributed by atoms with Crippen molar-refractivity contribution in [1.29, 1.82) is 0 Å². The number of hydrogen-bond donors (Lipinski definition) is 0. The van der Waals surface area contributed by atoms with Crippen molar-refractivity contribution >= 4 is 17.6 Å². The van der Waals surface area contributed by atoms with E-state index in [4.69, 9.17) is 4.74 Å². The van der Waals surface area contributed by atoms with E-state index in [2.05, 4.69) is 4.98 Å². The van der Waals surface area contributed by atoms with Gasteiger partial charge in [-0.15, -0.1) is 11.3 Å². The smallest absolute Gasteiger partial charge is 0.161 e. The van der Waals surface area contributed by atoms with Crippen LogP contribution in [0.15, 0.2) is 30.5 Å². The van der Waals surface area contributed by atoms with Gasteiger partial charge in [-0.05, 0) is 12.1 Å². The summed E-state index contributed by atoms with van der Waals surface area (Å²) in [7, 11) is 1.62. The number of carbonyl (C=O) groups excluding carboxylic acids is 1. The van der Waals surface area contributed by atoms with Crippen LogP contribution in [0.25, 0.3) is 10.6 Å². The van der Waals surface area contributed by atoms with Crippen LogP contribution in [-0.2, 0) is 0 Å². The standard InChI is InChI=1S/C11H9NO2S/c1-14-9-4-2-3-8(5-9)11-12-6-10(7-13)15-11/h2-7H,1H3. The van der Waals surface area contributed by atoms with Crippen LogP contribution in [0, 0.1) is 0 Å². The predicted molar refractivity (Wildman–Crippen MR) is 59.5 cm³/mol. The van der Waals surface area contributed by atoms with Gasteiger partial charge in [0.25, 0.3) is 0 Å². The summed E-state index contributed by atoms with van der Waals surface area (Å²) in [6, 6.07) is 7.61. The first-order valence-electron chi connectivity index (χ1n) is 4.39. The van der Waals surface area contributed by atoms with Crippen LogP contribution < -0.4 is 4.74 Å². The highest BCUT2D eigenvalue weighted by atomic mass is 32.1. The lowest BCUT2D eigenvalue weighted by Gasteiger charge is -2.00. The molecule has 0 saturated heterocycles. The van der Waals surface area contributed by atoms with Gasteiger partial charge in [-0.1, -0.05) is 12.1 Å². The zero-order chi connectivity index (χ0) is 10.7.